The van der Waals surface area contributed by atoms with Crippen LogP contribution in [0.2, 0.25) is 0 Å². The molecule has 8 heteroatoms. The highest BCUT2D eigenvalue weighted by Gasteiger charge is 2.11. The van der Waals surface area contributed by atoms with E-state index in [1.54, 1.807) is 24.8 Å². The zero-order valence-corrected chi connectivity index (χ0v) is 15.8. The molecule has 1 N–H and O–H groups in total. The van der Waals surface area contributed by atoms with Gasteiger partial charge in [0.25, 0.3) is 0 Å². The van der Waals surface area contributed by atoms with E-state index in [0.29, 0.717) is 12.4 Å². The Hall–Kier alpha value is -3.52. The molecule has 0 aliphatic heterocycles. The van der Waals surface area contributed by atoms with Crippen LogP contribution in [0.15, 0.2) is 59.8 Å². The first-order valence-electron chi connectivity index (χ1n) is 8.69. The Morgan fingerprint density at radius 3 is 2.96 bits per heavy atom. The van der Waals surface area contributed by atoms with Crippen LogP contribution in [0, 0.1) is 0 Å². The van der Waals surface area contributed by atoms with Crippen molar-refractivity contribution in [3.8, 4) is 5.75 Å². The van der Waals surface area contributed by atoms with E-state index in [4.69, 9.17) is 4.74 Å². The molecule has 0 fully saturated rings. The van der Waals surface area contributed by atoms with Crippen LogP contribution in [0.4, 0.5) is 11.5 Å². The minimum absolute atomic E-state index is 0.660. The quantitative estimate of drug-likeness (QED) is 0.485. The fraction of sp³-hybridized carbons (Fsp3) is 0.100. The van der Waals surface area contributed by atoms with Crippen molar-refractivity contribution in [2.24, 2.45) is 0 Å². The molecule has 0 amide bonds. The molecule has 0 aliphatic rings. The van der Waals surface area contributed by atoms with Crippen molar-refractivity contribution >= 4 is 44.6 Å². The van der Waals surface area contributed by atoms with Crippen molar-refractivity contribution < 1.29 is 4.74 Å². The van der Waals surface area contributed by atoms with Gasteiger partial charge in [-0.15, -0.1) is 11.3 Å². The maximum atomic E-state index is 5.49. The first-order valence-corrected chi connectivity index (χ1v) is 9.63. The molecule has 0 bridgehead atoms. The lowest BCUT2D eigenvalue weighted by molar-refractivity contribution is 0.420. The summed E-state index contributed by atoms with van der Waals surface area (Å²) in [7, 11) is 1.65. The third-order valence-electron chi connectivity index (χ3n) is 4.54. The number of thiazole rings is 1. The van der Waals surface area contributed by atoms with E-state index >= 15 is 0 Å². The molecule has 2 aromatic carbocycles. The Morgan fingerprint density at radius 1 is 1.14 bits per heavy atom. The van der Waals surface area contributed by atoms with E-state index in [9.17, 15) is 0 Å². The fourth-order valence-corrected chi connectivity index (χ4v) is 3.79. The van der Waals surface area contributed by atoms with Gasteiger partial charge in [0.2, 0.25) is 0 Å². The third kappa shape index (κ3) is 2.93. The Morgan fingerprint density at radius 2 is 2.11 bits per heavy atom. The summed E-state index contributed by atoms with van der Waals surface area (Å²) in [5.74, 6) is 1.44. The van der Waals surface area contributed by atoms with Crippen molar-refractivity contribution in [2.45, 2.75) is 6.54 Å². The smallest absolute Gasteiger partial charge is 0.145 e. The van der Waals surface area contributed by atoms with Gasteiger partial charge >= 0.3 is 0 Å². The fourth-order valence-electron chi connectivity index (χ4n) is 3.24. The van der Waals surface area contributed by atoms with Gasteiger partial charge < -0.3 is 10.1 Å². The Kier molecular flexibility index (Phi) is 4.10. The van der Waals surface area contributed by atoms with E-state index in [2.05, 4.69) is 37.5 Å². The minimum Gasteiger partial charge on any atom is -0.496 e. The molecule has 0 saturated heterocycles. The van der Waals surface area contributed by atoms with Crippen LogP contribution in [0.25, 0.3) is 21.8 Å². The van der Waals surface area contributed by atoms with E-state index < -0.39 is 0 Å². The number of anilines is 2. The lowest BCUT2D eigenvalue weighted by Crippen LogP contribution is -2.01. The van der Waals surface area contributed by atoms with Crippen molar-refractivity contribution in [3.63, 3.8) is 0 Å². The van der Waals surface area contributed by atoms with E-state index in [0.717, 1.165) is 38.9 Å². The second-order valence-electron chi connectivity index (χ2n) is 6.26. The highest BCUT2D eigenvalue weighted by atomic mass is 32.1. The standard InChI is InChI=1S/C20H16N6OS/c1-27-18-4-2-3-16-19(18)20(22-11-21-16)25-14-5-6-17-13(7-14)8-24-26(17)9-15-10-28-12-23-15/h2-8,10-12H,9H2,1H3,(H,21,22,25). The number of benzene rings is 2. The second-order valence-corrected chi connectivity index (χ2v) is 6.98. The first-order chi connectivity index (χ1) is 13.8. The lowest BCUT2D eigenvalue weighted by atomic mass is 10.2. The molecule has 138 valence electrons. The van der Waals surface area contributed by atoms with Crippen LogP contribution >= 0.6 is 11.3 Å². The van der Waals surface area contributed by atoms with Gasteiger partial charge in [0.05, 0.1) is 47.5 Å². The van der Waals surface area contributed by atoms with Gasteiger partial charge in [-0.1, -0.05) is 6.07 Å². The molecular formula is C20H16N6OS. The average Bonchev–Trinajstić information content (AvgIpc) is 3.38. The summed E-state index contributed by atoms with van der Waals surface area (Å²) >= 11 is 1.59. The number of fused-ring (bicyclic) bond motifs is 2. The number of aromatic nitrogens is 5. The number of methoxy groups -OCH3 is 1. The van der Waals surface area contributed by atoms with Gasteiger partial charge in [0.15, 0.2) is 0 Å². The summed E-state index contributed by atoms with van der Waals surface area (Å²) in [6.45, 7) is 0.660. The van der Waals surface area contributed by atoms with Crippen molar-refractivity contribution in [3.05, 3.63) is 65.5 Å². The number of hydrogen-bond acceptors (Lipinski definition) is 7. The molecule has 3 aromatic heterocycles. The molecule has 0 saturated carbocycles. The van der Waals surface area contributed by atoms with E-state index in [-0.39, 0.29) is 0 Å². The number of nitrogens with zero attached hydrogens (tertiary/aromatic N) is 5. The number of ether oxygens (including phenoxy) is 1. The summed E-state index contributed by atoms with van der Waals surface area (Å²) < 4.78 is 7.45. The predicted octanol–water partition coefficient (Wildman–Crippen LogP) is 4.24. The maximum absolute atomic E-state index is 5.49. The van der Waals surface area contributed by atoms with Gasteiger partial charge in [-0.25, -0.2) is 15.0 Å². The van der Waals surface area contributed by atoms with Crippen molar-refractivity contribution in [2.75, 3.05) is 12.4 Å². The highest BCUT2D eigenvalue weighted by molar-refractivity contribution is 7.07. The van der Waals surface area contributed by atoms with Crippen LogP contribution < -0.4 is 10.1 Å². The van der Waals surface area contributed by atoms with Crippen LogP contribution in [0.1, 0.15) is 5.69 Å². The molecule has 0 spiro atoms. The Bertz CT molecular complexity index is 1260. The number of rotatable bonds is 5. The highest BCUT2D eigenvalue weighted by Crippen LogP contribution is 2.31. The average molecular weight is 388 g/mol. The topological polar surface area (TPSA) is 77.8 Å². The normalized spacial score (nSPS) is 11.2. The summed E-state index contributed by atoms with van der Waals surface area (Å²) in [6, 6.07) is 11.9. The van der Waals surface area contributed by atoms with Gasteiger partial charge in [0.1, 0.15) is 17.9 Å². The molecular weight excluding hydrogens is 372 g/mol. The molecule has 0 radical (unpaired) electrons. The van der Waals surface area contributed by atoms with Crippen LogP contribution in [0.5, 0.6) is 5.75 Å². The number of nitrogens with one attached hydrogen (secondary N) is 1. The van der Waals surface area contributed by atoms with Crippen molar-refractivity contribution in [1.29, 1.82) is 0 Å². The minimum atomic E-state index is 0.660. The largest absolute Gasteiger partial charge is 0.496 e. The molecule has 3 heterocycles. The van der Waals surface area contributed by atoms with Crippen LogP contribution in [0.3, 0.4) is 0 Å². The van der Waals surface area contributed by atoms with Gasteiger partial charge in [-0.05, 0) is 30.3 Å². The first kappa shape index (κ1) is 16.6. The lowest BCUT2D eigenvalue weighted by Gasteiger charge is -2.11. The molecule has 0 aliphatic carbocycles. The molecule has 0 unspecified atom stereocenters. The summed E-state index contributed by atoms with van der Waals surface area (Å²) in [5, 5.41) is 11.8. The molecule has 5 rings (SSSR count). The maximum Gasteiger partial charge on any atom is 0.145 e. The SMILES string of the molecule is COc1cccc2ncnc(Nc3ccc4c(cnn4Cc4cscn4)c3)c12. The molecule has 5 aromatic rings. The summed E-state index contributed by atoms with van der Waals surface area (Å²) in [5.41, 5.74) is 5.66. The monoisotopic (exact) mass is 388 g/mol. The van der Waals surface area contributed by atoms with Crippen LogP contribution in [-0.4, -0.2) is 31.8 Å². The zero-order chi connectivity index (χ0) is 18.9. The number of hydrogen-bond donors (Lipinski definition) is 1. The molecule has 28 heavy (non-hydrogen) atoms. The van der Waals surface area contributed by atoms with Gasteiger partial charge in [-0.3, -0.25) is 4.68 Å². The van der Waals surface area contributed by atoms with Crippen molar-refractivity contribution in [1.82, 2.24) is 24.7 Å². The summed E-state index contributed by atoms with van der Waals surface area (Å²) in [4.78, 5) is 13.1. The van der Waals surface area contributed by atoms with Gasteiger partial charge in [-0.2, -0.15) is 5.10 Å². The molecule has 0 atom stereocenters. The molecule has 7 nitrogen and oxygen atoms in total. The second kappa shape index (κ2) is 6.90. The van der Waals surface area contributed by atoms with E-state index in [1.165, 1.54) is 0 Å². The zero-order valence-electron chi connectivity index (χ0n) is 15.0. The third-order valence-corrected chi connectivity index (χ3v) is 5.18. The van der Waals surface area contributed by atoms with Crippen LogP contribution in [-0.2, 0) is 6.54 Å². The van der Waals surface area contributed by atoms with Gasteiger partial charge in [0, 0.05) is 16.5 Å². The predicted molar refractivity (Wildman–Crippen MR) is 110 cm³/mol. The Balaban J connectivity index is 1.50. The Labute approximate surface area is 164 Å². The summed E-state index contributed by atoms with van der Waals surface area (Å²) in [6.07, 6.45) is 3.42. The van der Waals surface area contributed by atoms with E-state index in [1.807, 2.05) is 46.0 Å².